The van der Waals surface area contributed by atoms with Crippen molar-refractivity contribution in [3.8, 4) is 0 Å². The molecule has 0 saturated carbocycles. The van der Waals surface area contributed by atoms with Gasteiger partial charge in [0.1, 0.15) is 6.54 Å². The van der Waals surface area contributed by atoms with Crippen LogP contribution in [0.1, 0.15) is 30.1 Å². The summed E-state index contributed by atoms with van der Waals surface area (Å²) in [5.74, 6) is -1.74. The first-order chi connectivity index (χ1) is 15.1. The number of ether oxygens (including phenoxy) is 2. The summed E-state index contributed by atoms with van der Waals surface area (Å²) < 4.78 is 36.8. The largest absolute Gasteiger partial charge is 0.465 e. The third-order valence-electron chi connectivity index (χ3n) is 5.17. The van der Waals surface area contributed by atoms with Crippen LogP contribution >= 0.6 is 11.3 Å². The number of amides is 1. The van der Waals surface area contributed by atoms with Crippen molar-refractivity contribution in [1.29, 1.82) is 0 Å². The van der Waals surface area contributed by atoms with Crippen molar-refractivity contribution in [2.75, 3.05) is 33.1 Å². The van der Waals surface area contributed by atoms with Gasteiger partial charge in [0.05, 0.1) is 35.8 Å². The number of carbonyl (C=O) groups excluding carboxylic acids is 3. The summed E-state index contributed by atoms with van der Waals surface area (Å²) in [7, 11) is -2.00. The Morgan fingerprint density at radius 1 is 1.22 bits per heavy atom. The number of aromatic nitrogens is 1. The highest BCUT2D eigenvalue weighted by Gasteiger charge is 2.29. The fourth-order valence-electron chi connectivity index (χ4n) is 3.51. The van der Waals surface area contributed by atoms with Crippen molar-refractivity contribution in [2.45, 2.75) is 26.3 Å². The summed E-state index contributed by atoms with van der Waals surface area (Å²) in [4.78, 5) is 41.4. The Balaban J connectivity index is 1.96. The maximum atomic E-state index is 12.9. The average molecular weight is 484 g/mol. The van der Waals surface area contributed by atoms with Gasteiger partial charge >= 0.3 is 11.9 Å². The maximum absolute atomic E-state index is 12.9. The number of hydrogen-bond donors (Lipinski definition) is 0. The molecule has 32 heavy (non-hydrogen) atoms. The molecule has 1 aliphatic rings. The Morgan fingerprint density at radius 2 is 1.91 bits per heavy atom. The predicted octanol–water partition coefficient (Wildman–Crippen LogP) is 1.15. The second kappa shape index (κ2) is 9.92. The maximum Gasteiger partial charge on any atom is 0.337 e. The molecule has 0 unspecified atom stereocenters. The Kier molecular flexibility index (Phi) is 7.47. The molecular formula is C20H25N3O7S2. The minimum absolute atomic E-state index is 0.135. The summed E-state index contributed by atoms with van der Waals surface area (Å²) in [5, 5.41) is 0. The molecule has 2 heterocycles. The third-order valence-corrected chi connectivity index (χ3v) is 7.52. The summed E-state index contributed by atoms with van der Waals surface area (Å²) in [5.41, 5.74) is 0.977. The van der Waals surface area contributed by atoms with Crippen molar-refractivity contribution in [2.24, 2.45) is 10.9 Å². The van der Waals surface area contributed by atoms with Crippen molar-refractivity contribution in [1.82, 2.24) is 8.87 Å². The zero-order chi connectivity index (χ0) is 23.5. The van der Waals surface area contributed by atoms with Crippen LogP contribution in [0.3, 0.4) is 0 Å². The summed E-state index contributed by atoms with van der Waals surface area (Å²) >= 11 is 1.18. The molecule has 1 aromatic heterocycles. The van der Waals surface area contributed by atoms with Crippen LogP contribution in [-0.2, 0) is 35.6 Å². The fraction of sp³-hybridized carbons (Fsp3) is 0.500. The van der Waals surface area contributed by atoms with E-state index in [1.54, 1.807) is 29.7 Å². The van der Waals surface area contributed by atoms with E-state index in [9.17, 15) is 22.8 Å². The lowest BCUT2D eigenvalue weighted by atomic mass is 9.98. The second-order valence-corrected chi connectivity index (χ2v) is 10.3. The predicted molar refractivity (Wildman–Crippen MR) is 117 cm³/mol. The first-order valence-electron chi connectivity index (χ1n) is 10.0. The average Bonchev–Trinajstić information content (AvgIpc) is 3.08. The number of carbonyl (C=O) groups is 3. The standard InChI is InChI=1S/C20H25N3O7S2/c1-4-30-17(24)12-23-15-6-5-14(19(26)29-2)11-16(15)31-20(23)21-18(25)13-7-9-22(10-8-13)32(3,27)28/h5-6,11,13H,4,7-10,12H2,1-3H3. The Morgan fingerprint density at radius 3 is 2.50 bits per heavy atom. The molecule has 1 aromatic carbocycles. The molecule has 174 valence electrons. The zero-order valence-electron chi connectivity index (χ0n) is 18.1. The highest BCUT2D eigenvalue weighted by molar-refractivity contribution is 7.88. The SMILES string of the molecule is CCOC(=O)Cn1c(=NC(=O)C2CCN(S(C)(=O)=O)CC2)sc2cc(C(=O)OC)ccc21. The lowest BCUT2D eigenvalue weighted by Gasteiger charge is -2.28. The first-order valence-corrected chi connectivity index (χ1v) is 12.7. The van der Waals surface area contributed by atoms with Gasteiger partial charge in [-0.15, -0.1) is 0 Å². The lowest BCUT2D eigenvalue weighted by molar-refractivity contribution is -0.143. The normalized spacial score (nSPS) is 16.3. The van der Waals surface area contributed by atoms with Crippen LogP contribution in [0.15, 0.2) is 23.2 Å². The molecule has 1 amide bonds. The van der Waals surface area contributed by atoms with E-state index in [0.29, 0.717) is 33.4 Å². The Labute approximate surface area is 189 Å². The van der Waals surface area contributed by atoms with Crippen molar-refractivity contribution < 1.29 is 32.3 Å². The lowest BCUT2D eigenvalue weighted by Crippen LogP contribution is -2.39. The number of esters is 2. The molecule has 0 aliphatic carbocycles. The van der Waals surface area contributed by atoms with Gasteiger partial charge in [-0.3, -0.25) is 9.59 Å². The molecular weight excluding hydrogens is 458 g/mol. The van der Waals surface area contributed by atoms with E-state index in [1.165, 1.54) is 22.8 Å². The van der Waals surface area contributed by atoms with Gasteiger partial charge in [-0.25, -0.2) is 17.5 Å². The number of hydrogen-bond acceptors (Lipinski definition) is 8. The summed E-state index contributed by atoms with van der Waals surface area (Å²) in [6.45, 7) is 2.32. The van der Waals surface area contributed by atoms with E-state index >= 15 is 0 Å². The van der Waals surface area contributed by atoms with E-state index in [-0.39, 0.29) is 32.1 Å². The topological polar surface area (TPSA) is 124 Å². The van der Waals surface area contributed by atoms with Gasteiger partial charge in [0.15, 0.2) is 4.80 Å². The molecule has 0 spiro atoms. The van der Waals surface area contributed by atoms with Gasteiger partial charge in [-0.1, -0.05) is 11.3 Å². The number of thiazole rings is 1. The monoisotopic (exact) mass is 483 g/mol. The number of rotatable bonds is 6. The highest BCUT2D eigenvalue weighted by atomic mass is 32.2. The Bertz CT molecular complexity index is 1210. The van der Waals surface area contributed by atoms with E-state index < -0.39 is 27.9 Å². The van der Waals surface area contributed by atoms with Gasteiger partial charge in [-0.2, -0.15) is 4.99 Å². The van der Waals surface area contributed by atoms with Crippen molar-refractivity contribution in [3.63, 3.8) is 0 Å². The minimum atomic E-state index is -3.29. The molecule has 3 rings (SSSR count). The van der Waals surface area contributed by atoms with Crippen LogP contribution < -0.4 is 4.80 Å². The van der Waals surface area contributed by atoms with Crippen LogP contribution in [-0.4, -0.2) is 68.2 Å². The van der Waals surface area contributed by atoms with Gasteiger partial charge in [0.25, 0.3) is 5.91 Å². The molecule has 12 heteroatoms. The zero-order valence-corrected chi connectivity index (χ0v) is 19.7. The molecule has 0 bridgehead atoms. The van der Waals surface area contributed by atoms with Crippen LogP contribution in [0.2, 0.25) is 0 Å². The summed E-state index contributed by atoms with van der Waals surface area (Å²) in [6, 6.07) is 4.88. The third kappa shape index (κ3) is 5.43. The number of sulfonamides is 1. The van der Waals surface area contributed by atoms with Crippen molar-refractivity contribution in [3.05, 3.63) is 28.6 Å². The van der Waals surface area contributed by atoms with Gasteiger partial charge < -0.3 is 14.0 Å². The highest BCUT2D eigenvalue weighted by Crippen LogP contribution is 2.22. The van der Waals surface area contributed by atoms with Crippen LogP contribution in [0.5, 0.6) is 0 Å². The molecule has 2 aromatic rings. The van der Waals surface area contributed by atoms with Gasteiger partial charge in [0, 0.05) is 19.0 Å². The smallest absolute Gasteiger partial charge is 0.337 e. The quantitative estimate of drug-likeness (QED) is 0.565. The van der Waals surface area contributed by atoms with Crippen LogP contribution in [0.4, 0.5) is 0 Å². The minimum Gasteiger partial charge on any atom is -0.465 e. The second-order valence-electron chi connectivity index (χ2n) is 7.34. The van der Waals surface area contributed by atoms with Gasteiger partial charge in [-0.05, 0) is 38.0 Å². The molecule has 0 atom stereocenters. The first kappa shape index (κ1) is 24.1. The number of piperidine rings is 1. The number of nitrogens with zero attached hydrogens (tertiary/aromatic N) is 3. The molecule has 1 fully saturated rings. The fourth-order valence-corrected chi connectivity index (χ4v) is 5.46. The molecule has 1 aliphatic heterocycles. The molecule has 10 nitrogen and oxygen atoms in total. The summed E-state index contributed by atoms with van der Waals surface area (Å²) in [6.07, 6.45) is 1.91. The van der Waals surface area contributed by atoms with Crippen LogP contribution in [0, 0.1) is 5.92 Å². The van der Waals surface area contributed by atoms with E-state index in [1.807, 2.05) is 0 Å². The van der Waals surface area contributed by atoms with E-state index in [2.05, 4.69) is 4.99 Å². The number of methoxy groups -OCH3 is 1. The van der Waals surface area contributed by atoms with Crippen molar-refractivity contribution >= 4 is 49.4 Å². The molecule has 0 radical (unpaired) electrons. The number of benzene rings is 1. The van der Waals surface area contributed by atoms with Gasteiger partial charge in [0.2, 0.25) is 10.0 Å². The Hall–Kier alpha value is -2.57. The molecule has 1 saturated heterocycles. The number of fused-ring (bicyclic) bond motifs is 1. The van der Waals surface area contributed by atoms with E-state index in [4.69, 9.17) is 9.47 Å². The molecule has 0 N–H and O–H groups in total. The van der Waals surface area contributed by atoms with E-state index in [0.717, 1.165) is 6.26 Å². The van der Waals surface area contributed by atoms with Crippen LogP contribution in [0.25, 0.3) is 10.2 Å².